The summed E-state index contributed by atoms with van der Waals surface area (Å²) in [5, 5.41) is 10.8. The SMILES string of the molecule is Cc1cc(Nc2nc(Nc3cc(C)c([C@H]4CC[C@H](N5CCN(C)CC5)CC4)cc3F)ncc2C)n(C)n1. The maximum atomic E-state index is 15.3. The van der Waals surface area contributed by atoms with E-state index in [1.165, 1.54) is 25.9 Å². The van der Waals surface area contributed by atoms with Crippen molar-refractivity contribution in [3.8, 4) is 0 Å². The van der Waals surface area contributed by atoms with Crippen molar-refractivity contribution in [2.75, 3.05) is 43.9 Å². The molecule has 2 N–H and O–H groups in total. The van der Waals surface area contributed by atoms with Crippen molar-refractivity contribution in [2.45, 2.75) is 58.4 Å². The van der Waals surface area contributed by atoms with Crippen LogP contribution in [0.25, 0.3) is 0 Å². The van der Waals surface area contributed by atoms with Gasteiger partial charge in [-0.05, 0) is 82.7 Å². The summed E-state index contributed by atoms with van der Waals surface area (Å²) in [5.41, 5.74) is 4.46. The highest BCUT2D eigenvalue weighted by atomic mass is 19.1. The number of nitrogens with one attached hydrogen (secondary N) is 2. The lowest BCUT2D eigenvalue weighted by molar-refractivity contribution is 0.0878. The van der Waals surface area contributed by atoms with E-state index >= 15 is 4.39 Å². The minimum absolute atomic E-state index is 0.261. The second-order valence-electron chi connectivity index (χ2n) is 10.8. The Kier molecular flexibility index (Phi) is 7.44. The Labute approximate surface area is 219 Å². The van der Waals surface area contributed by atoms with E-state index in [2.05, 4.69) is 49.5 Å². The van der Waals surface area contributed by atoms with Crippen LogP contribution in [0.2, 0.25) is 0 Å². The van der Waals surface area contributed by atoms with E-state index < -0.39 is 0 Å². The van der Waals surface area contributed by atoms with Gasteiger partial charge in [-0.2, -0.15) is 10.1 Å². The average Bonchev–Trinajstić information content (AvgIpc) is 3.20. The Morgan fingerprint density at radius 1 is 0.892 bits per heavy atom. The molecule has 0 spiro atoms. The first-order chi connectivity index (χ1) is 17.8. The highest BCUT2D eigenvalue weighted by Crippen LogP contribution is 2.38. The third-order valence-electron chi connectivity index (χ3n) is 8.01. The van der Waals surface area contributed by atoms with Crippen molar-refractivity contribution in [1.29, 1.82) is 0 Å². The number of aryl methyl sites for hydroxylation is 4. The number of hydrogen-bond donors (Lipinski definition) is 2. The van der Waals surface area contributed by atoms with E-state index in [0.717, 1.165) is 54.1 Å². The number of halogens is 1. The normalized spacial score (nSPS) is 21.2. The molecule has 2 fully saturated rings. The molecular weight excluding hydrogens is 467 g/mol. The van der Waals surface area contributed by atoms with Gasteiger partial charge in [-0.25, -0.2) is 9.37 Å². The molecule has 0 amide bonds. The molecule has 3 heterocycles. The van der Waals surface area contributed by atoms with Gasteiger partial charge in [0.2, 0.25) is 5.95 Å². The number of likely N-dealkylation sites (N-methyl/N-ethyl adjacent to an activating group) is 1. The van der Waals surface area contributed by atoms with Crippen molar-refractivity contribution in [1.82, 2.24) is 29.5 Å². The predicted molar refractivity (Wildman–Crippen MR) is 146 cm³/mol. The van der Waals surface area contributed by atoms with Gasteiger partial charge in [-0.3, -0.25) is 9.58 Å². The number of benzene rings is 1. The summed E-state index contributed by atoms with van der Waals surface area (Å²) in [6, 6.07) is 6.25. The van der Waals surface area contributed by atoms with Gasteiger partial charge < -0.3 is 15.5 Å². The molecule has 3 aromatic rings. The van der Waals surface area contributed by atoms with Gasteiger partial charge in [0.05, 0.1) is 11.4 Å². The zero-order valence-electron chi connectivity index (χ0n) is 22.7. The third kappa shape index (κ3) is 5.78. The molecule has 1 aliphatic carbocycles. The summed E-state index contributed by atoms with van der Waals surface area (Å²) < 4.78 is 17.1. The Morgan fingerprint density at radius 3 is 2.30 bits per heavy atom. The van der Waals surface area contributed by atoms with Gasteiger partial charge in [0, 0.05) is 57.1 Å². The van der Waals surface area contributed by atoms with Gasteiger partial charge in [0.1, 0.15) is 17.5 Å². The van der Waals surface area contributed by atoms with Crippen molar-refractivity contribution in [3.05, 3.63) is 52.6 Å². The summed E-state index contributed by atoms with van der Waals surface area (Å²) >= 11 is 0. The Morgan fingerprint density at radius 2 is 1.62 bits per heavy atom. The molecular formula is C28H39FN8. The number of hydrogen-bond acceptors (Lipinski definition) is 7. The quantitative estimate of drug-likeness (QED) is 0.485. The number of nitrogens with zero attached hydrogens (tertiary/aromatic N) is 6. The number of aromatic nitrogens is 4. The molecule has 8 nitrogen and oxygen atoms in total. The van der Waals surface area contributed by atoms with Crippen LogP contribution in [0.4, 0.5) is 27.7 Å². The average molecular weight is 507 g/mol. The standard InChI is InChI=1S/C28H39FN8/c1-18-14-25(31-28-30-17-19(2)27(33-28)32-26-15-20(3)34-36(26)5)24(29)16-23(18)21-6-8-22(9-7-21)37-12-10-35(4)11-13-37/h14-17,21-22H,6-13H2,1-5H3,(H2,30,31,32,33)/t21-,22-. The predicted octanol–water partition coefficient (Wildman–Crippen LogP) is 5.04. The van der Waals surface area contributed by atoms with E-state index in [-0.39, 0.29) is 5.82 Å². The summed E-state index contributed by atoms with van der Waals surface area (Å²) in [4.78, 5) is 14.1. The monoisotopic (exact) mass is 506 g/mol. The molecule has 0 atom stereocenters. The van der Waals surface area contributed by atoms with Gasteiger partial charge in [0.15, 0.2) is 0 Å². The number of anilines is 4. The van der Waals surface area contributed by atoms with Crippen molar-refractivity contribution >= 4 is 23.3 Å². The highest BCUT2D eigenvalue weighted by molar-refractivity contribution is 5.61. The minimum Gasteiger partial charge on any atom is -0.325 e. The van der Waals surface area contributed by atoms with Gasteiger partial charge in [-0.1, -0.05) is 0 Å². The highest BCUT2D eigenvalue weighted by Gasteiger charge is 2.29. The molecule has 0 unspecified atom stereocenters. The Bertz CT molecular complexity index is 1240. The zero-order valence-corrected chi connectivity index (χ0v) is 22.7. The van der Waals surface area contributed by atoms with E-state index in [9.17, 15) is 0 Å². The van der Waals surface area contributed by atoms with Crippen molar-refractivity contribution in [3.63, 3.8) is 0 Å². The van der Waals surface area contributed by atoms with Crippen LogP contribution in [-0.2, 0) is 7.05 Å². The van der Waals surface area contributed by atoms with Crippen LogP contribution in [0, 0.1) is 26.6 Å². The van der Waals surface area contributed by atoms with Gasteiger partial charge in [-0.15, -0.1) is 0 Å². The molecule has 9 heteroatoms. The topological polar surface area (TPSA) is 74.1 Å². The van der Waals surface area contributed by atoms with Gasteiger partial charge >= 0.3 is 0 Å². The molecule has 0 bridgehead atoms. The van der Waals surface area contributed by atoms with Crippen LogP contribution < -0.4 is 10.6 Å². The second kappa shape index (κ2) is 10.8. The molecule has 2 aromatic heterocycles. The first-order valence-corrected chi connectivity index (χ1v) is 13.4. The first kappa shape index (κ1) is 25.6. The van der Waals surface area contributed by atoms with Crippen LogP contribution in [0.15, 0.2) is 24.4 Å². The minimum atomic E-state index is -0.261. The molecule has 2 aliphatic rings. The first-order valence-electron chi connectivity index (χ1n) is 13.4. The fourth-order valence-corrected chi connectivity index (χ4v) is 5.77. The summed E-state index contributed by atoms with van der Waals surface area (Å²) in [7, 11) is 4.08. The lowest BCUT2D eigenvalue weighted by Crippen LogP contribution is -2.49. The molecule has 1 aromatic carbocycles. The van der Waals surface area contributed by atoms with E-state index in [1.807, 2.05) is 33.0 Å². The van der Waals surface area contributed by atoms with Crippen LogP contribution in [0.5, 0.6) is 0 Å². The maximum absolute atomic E-state index is 15.3. The Balaban J connectivity index is 1.26. The van der Waals surface area contributed by atoms with E-state index in [0.29, 0.717) is 29.4 Å². The third-order valence-corrected chi connectivity index (χ3v) is 8.01. The zero-order chi connectivity index (χ0) is 26.1. The fourth-order valence-electron chi connectivity index (χ4n) is 5.77. The maximum Gasteiger partial charge on any atom is 0.229 e. The Hall–Kier alpha value is -3.04. The molecule has 1 saturated heterocycles. The van der Waals surface area contributed by atoms with Crippen LogP contribution in [0.1, 0.15) is 54.0 Å². The molecule has 5 rings (SSSR count). The van der Waals surface area contributed by atoms with E-state index in [4.69, 9.17) is 0 Å². The van der Waals surface area contributed by atoms with Crippen LogP contribution in [-0.4, -0.2) is 68.8 Å². The van der Waals surface area contributed by atoms with Crippen molar-refractivity contribution in [2.24, 2.45) is 7.05 Å². The van der Waals surface area contributed by atoms with Crippen molar-refractivity contribution < 1.29 is 4.39 Å². The summed E-state index contributed by atoms with van der Waals surface area (Å²) in [5.74, 6) is 2.00. The van der Waals surface area contributed by atoms with Crippen LogP contribution >= 0.6 is 0 Å². The summed E-state index contributed by atoms with van der Waals surface area (Å²) in [6.07, 6.45) is 6.36. The molecule has 0 radical (unpaired) electrons. The number of rotatable bonds is 6. The molecule has 1 saturated carbocycles. The van der Waals surface area contributed by atoms with Crippen LogP contribution in [0.3, 0.4) is 0 Å². The number of piperazine rings is 1. The smallest absolute Gasteiger partial charge is 0.229 e. The fraction of sp³-hybridized carbons (Fsp3) is 0.536. The van der Waals surface area contributed by atoms with E-state index in [1.54, 1.807) is 16.9 Å². The summed E-state index contributed by atoms with van der Waals surface area (Å²) in [6.45, 7) is 10.6. The molecule has 37 heavy (non-hydrogen) atoms. The second-order valence-corrected chi connectivity index (χ2v) is 10.8. The largest absolute Gasteiger partial charge is 0.325 e. The lowest BCUT2D eigenvalue weighted by Gasteiger charge is -2.41. The lowest BCUT2D eigenvalue weighted by atomic mass is 9.79. The molecule has 198 valence electrons. The van der Waals surface area contributed by atoms with Gasteiger partial charge in [0.25, 0.3) is 0 Å². The molecule has 1 aliphatic heterocycles.